The zero-order valence-electron chi connectivity index (χ0n) is 20.0. The predicted molar refractivity (Wildman–Crippen MR) is 137 cm³/mol. The molecule has 0 spiro atoms. The van der Waals surface area contributed by atoms with Gasteiger partial charge in [-0.25, -0.2) is 0 Å². The Bertz CT molecular complexity index is 1110. The maximum atomic E-state index is 13.5. The highest BCUT2D eigenvalue weighted by Crippen LogP contribution is 2.27. The van der Waals surface area contributed by atoms with E-state index in [2.05, 4.69) is 31.3 Å². The van der Waals surface area contributed by atoms with Gasteiger partial charge in [0.15, 0.2) is 0 Å². The first-order valence-corrected chi connectivity index (χ1v) is 13.1. The van der Waals surface area contributed by atoms with E-state index in [0.717, 1.165) is 35.2 Å². The van der Waals surface area contributed by atoms with Crippen LogP contribution >= 0.6 is 11.3 Å². The first kappa shape index (κ1) is 23.6. The number of hydrogen-bond acceptors (Lipinski definition) is 3. The van der Waals surface area contributed by atoms with Gasteiger partial charge in [-0.3, -0.25) is 9.59 Å². The third kappa shape index (κ3) is 5.49. The van der Waals surface area contributed by atoms with Gasteiger partial charge in [0.05, 0.1) is 10.2 Å². The normalized spacial score (nSPS) is 14.7. The Hall–Kier alpha value is -2.60. The summed E-state index contributed by atoms with van der Waals surface area (Å²) >= 11 is 1.61. The van der Waals surface area contributed by atoms with E-state index < -0.39 is 0 Å². The average molecular weight is 466 g/mol. The molecule has 1 saturated carbocycles. The molecule has 0 radical (unpaired) electrons. The van der Waals surface area contributed by atoms with Gasteiger partial charge in [0.25, 0.3) is 5.91 Å². The number of likely N-dealkylation sites (N-methyl/N-ethyl adjacent to an activating group) is 1. The Morgan fingerprint density at radius 1 is 1.15 bits per heavy atom. The van der Waals surface area contributed by atoms with Crippen LogP contribution in [0.3, 0.4) is 0 Å². The van der Waals surface area contributed by atoms with E-state index in [1.54, 1.807) is 11.3 Å². The summed E-state index contributed by atoms with van der Waals surface area (Å²) in [4.78, 5) is 28.5. The molecule has 1 fully saturated rings. The summed E-state index contributed by atoms with van der Waals surface area (Å²) in [7, 11) is 0. The topological polar surface area (TPSA) is 54.3 Å². The molecule has 0 unspecified atom stereocenters. The molecule has 6 heteroatoms. The molecule has 1 N–H and O–H groups in total. The molecule has 3 aromatic rings. The van der Waals surface area contributed by atoms with Gasteiger partial charge in [0, 0.05) is 18.3 Å². The fraction of sp³-hybridized carbons (Fsp3) is 0.481. The summed E-state index contributed by atoms with van der Waals surface area (Å²) in [6, 6.07) is 12.4. The minimum absolute atomic E-state index is 0.00499. The third-order valence-electron chi connectivity index (χ3n) is 6.47. The zero-order valence-corrected chi connectivity index (χ0v) is 20.8. The van der Waals surface area contributed by atoms with E-state index >= 15 is 0 Å². The number of fused-ring (bicyclic) bond motifs is 1. The Morgan fingerprint density at radius 2 is 1.94 bits per heavy atom. The molecule has 1 aromatic carbocycles. The molecule has 2 amide bonds. The number of carbonyl (C=O) groups excluding carboxylic acids is 2. The lowest BCUT2D eigenvalue weighted by molar-refractivity contribution is -0.119. The molecular formula is C27H35N3O2S. The van der Waals surface area contributed by atoms with Gasteiger partial charge in [-0.05, 0) is 67.3 Å². The van der Waals surface area contributed by atoms with Crippen molar-refractivity contribution in [3.05, 3.63) is 53.0 Å². The summed E-state index contributed by atoms with van der Waals surface area (Å²) in [6.07, 6.45) is 6.64. The number of carbonyl (C=O) groups is 2. The van der Waals surface area contributed by atoms with Crippen molar-refractivity contribution in [2.24, 2.45) is 5.92 Å². The molecule has 1 aliphatic rings. The number of rotatable bonds is 8. The van der Waals surface area contributed by atoms with E-state index in [1.807, 2.05) is 46.0 Å². The van der Waals surface area contributed by atoms with Crippen LogP contribution in [0, 0.1) is 5.92 Å². The largest absolute Gasteiger partial charge is 0.348 e. The van der Waals surface area contributed by atoms with Gasteiger partial charge in [-0.2, -0.15) is 0 Å². The van der Waals surface area contributed by atoms with Crippen LogP contribution in [0.25, 0.3) is 10.2 Å². The van der Waals surface area contributed by atoms with Crippen molar-refractivity contribution in [3.8, 4) is 0 Å². The van der Waals surface area contributed by atoms with Crippen LogP contribution in [0.15, 0.2) is 41.8 Å². The summed E-state index contributed by atoms with van der Waals surface area (Å²) < 4.78 is 2.94. The highest BCUT2D eigenvalue weighted by molar-refractivity contribution is 7.17. The Balaban J connectivity index is 1.57. The van der Waals surface area contributed by atoms with Crippen LogP contribution in [0.2, 0.25) is 0 Å². The van der Waals surface area contributed by atoms with Crippen molar-refractivity contribution in [1.29, 1.82) is 0 Å². The third-order valence-corrected chi connectivity index (χ3v) is 7.33. The van der Waals surface area contributed by atoms with E-state index in [-0.39, 0.29) is 24.4 Å². The molecule has 2 aromatic heterocycles. The molecule has 5 nitrogen and oxygen atoms in total. The zero-order chi connectivity index (χ0) is 23.4. The molecule has 4 rings (SSSR count). The number of nitrogens with one attached hydrogen (secondary N) is 1. The average Bonchev–Trinajstić information content (AvgIpc) is 3.37. The highest BCUT2D eigenvalue weighted by atomic mass is 32.1. The van der Waals surface area contributed by atoms with Crippen LogP contribution in [0.5, 0.6) is 0 Å². The number of benzene rings is 1. The molecular weight excluding hydrogens is 430 g/mol. The van der Waals surface area contributed by atoms with E-state index in [4.69, 9.17) is 0 Å². The number of anilines is 1. The van der Waals surface area contributed by atoms with E-state index in [9.17, 15) is 9.59 Å². The second kappa shape index (κ2) is 10.6. The van der Waals surface area contributed by atoms with E-state index in [1.165, 1.54) is 24.8 Å². The van der Waals surface area contributed by atoms with Gasteiger partial charge in [-0.15, -0.1) is 11.3 Å². The van der Waals surface area contributed by atoms with Crippen LogP contribution in [-0.4, -0.2) is 29.0 Å². The molecule has 33 heavy (non-hydrogen) atoms. The van der Waals surface area contributed by atoms with Crippen LogP contribution in [0.1, 0.15) is 68.9 Å². The maximum Gasteiger partial charge on any atom is 0.268 e. The molecule has 1 aliphatic carbocycles. The lowest BCUT2D eigenvalue weighted by Crippen LogP contribution is -2.38. The van der Waals surface area contributed by atoms with Crippen LogP contribution in [-0.2, 0) is 17.8 Å². The van der Waals surface area contributed by atoms with Gasteiger partial charge in [0.1, 0.15) is 12.2 Å². The van der Waals surface area contributed by atoms with Crippen molar-refractivity contribution in [3.63, 3.8) is 0 Å². The number of amides is 2. The van der Waals surface area contributed by atoms with Gasteiger partial charge in [0.2, 0.25) is 5.91 Å². The lowest BCUT2D eigenvalue weighted by atomic mass is 9.95. The summed E-state index contributed by atoms with van der Waals surface area (Å²) in [5.74, 6) is 0.484. The maximum absolute atomic E-state index is 13.5. The molecule has 0 bridgehead atoms. The van der Waals surface area contributed by atoms with E-state index in [0.29, 0.717) is 18.2 Å². The molecule has 0 aliphatic heterocycles. The SMILES string of the molecule is CCN(C(=O)Cn1c(C(=O)NC2CCCCC2)cc2sccc21)c1cccc(CC(C)C)c1. The fourth-order valence-corrected chi connectivity index (χ4v) is 5.71. The summed E-state index contributed by atoms with van der Waals surface area (Å²) in [6.45, 7) is 7.14. The first-order valence-electron chi connectivity index (χ1n) is 12.2. The fourth-order valence-electron chi connectivity index (χ4n) is 4.89. The minimum atomic E-state index is -0.0694. The Kier molecular flexibility index (Phi) is 7.53. The van der Waals surface area contributed by atoms with Gasteiger partial charge < -0.3 is 14.8 Å². The molecule has 2 heterocycles. The number of aromatic nitrogens is 1. The molecule has 176 valence electrons. The second-order valence-corrected chi connectivity index (χ2v) is 10.4. The van der Waals surface area contributed by atoms with Crippen molar-refractivity contribution in [1.82, 2.24) is 9.88 Å². The number of hydrogen-bond donors (Lipinski definition) is 1. The molecule has 0 atom stereocenters. The van der Waals surface area contributed by atoms with Crippen LogP contribution < -0.4 is 10.2 Å². The van der Waals surface area contributed by atoms with Crippen molar-refractivity contribution < 1.29 is 9.59 Å². The number of thiophene rings is 1. The summed E-state index contributed by atoms with van der Waals surface area (Å²) in [5.41, 5.74) is 3.69. The quantitative estimate of drug-likeness (QED) is 0.442. The minimum Gasteiger partial charge on any atom is -0.348 e. The van der Waals surface area contributed by atoms with Crippen molar-refractivity contribution in [2.45, 2.75) is 71.9 Å². The van der Waals surface area contributed by atoms with Crippen LogP contribution in [0.4, 0.5) is 5.69 Å². The Morgan fingerprint density at radius 3 is 2.67 bits per heavy atom. The monoisotopic (exact) mass is 465 g/mol. The van der Waals surface area contributed by atoms with Crippen molar-refractivity contribution >= 4 is 39.1 Å². The predicted octanol–water partition coefficient (Wildman–Crippen LogP) is 6.02. The highest BCUT2D eigenvalue weighted by Gasteiger charge is 2.24. The smallest absolute Gasteiger partial charge is 0.268 e. The standard InChI is InChI=1S/C27H35N3O2S/c1-4-29(22-12-8-9-20(16-22)15-19(2)3)26(31)18-30-23-13-14-33-25(23)17-24(30)27(32)28-21-10-6-5-7-11-21/h8-9,12-14,16-17,19,21H,4-7,10-11,15,18H2,1-3H3,(H,28,32). The molecule has 0 saturated heterocycles. The number of nitrogens with zero attached hydrogens (tertiary/aromatic N) is 2. The Labute approximate surface area is 200 Å². The van der Waals surface area contributed by atoms with Gasteiger partial charge in [-0.1, -0.05) is 45.2 Å². The van der Waals surface area contributed by atoms with Crippen molar-refractivity contribution in [2.75, 3.05) is 11.4 Å². The van der Waals surface area contributed by atoms with Gasteiger partial charge >= 0.3 is 0 Å². The lowest BCUT2D eigenvalue weighted by Gasteiger charge is -2.24. The second-order valence-electron chi connectivity index (χ2n) is 9.50. The summed E-state index contributed by atoms with van der Waals surface area (Å²) in [5, 5.41) is 5.24. The first-order chi connectivity index (χ1) is 16.0.